The molecule has 0 aliphatic carbocycles. The van der Waals surface area contributed by atoms with E-state index in [1.54, 1.807) is 48.5 Å². The zero-order chi connectivity index (χ0) is 21.6. The quantitative estimate of drug-likeness (QED) is 0.585. The number of ether oxygens (including phenoxy) is 1. The standard InChI is InChI=1S/C24H20N2O4S/c27-22-16-31-24(29)26(22)14-17-6-10-20(11-7-17)25-23(28)19-8-12-21(13-9-19)30-15-18-4-2-1-3-5-18/h1-13H,14-16H2,(H,25,28). The van der Waals surface area contributed by atoms with Gasteiger partial charge in [0, 0.05) is 11.3 Å². The van der Waals surface area contributed by atoms with Crippen LogP contribution in [0.4, 0.5) is 10.5 Å². The summed E-state index contributed by atoms with van der Waals surface area (Å²) in [6.45, 7) is 0.704. The molecule has 156 valence electrons. The number of carbonyl (C=O) groups excluding carboxylic acids is 3. The lowest BCUT2D eigenvalue weighted by atomic mass is 10.1. The van der Waals surface area contributed by atoms with E-state index in [2.05, 4.69) is 5.32 Å². The third kappa shape index (κ3) is 5.32. The van der Waals surface area contributed by atoms with Gasteiger partial charge in [0.1, 0.15) is 12.4 Å². The van der Waals surface area contributed by atoms with E-state index in [0.717, 1.165) is 22.9 Å². The number of nitrogens with one attached hydrogen (secondary N) is 1. The minimum Gasteiger partial charge on any atom is -0.489 e. The highest BCUT2D eigenvalue weighted by molar-refractivity contribution is 8.14. The second-order valence-electron chi connectivity index (χ2n) is 6.98. The Morgan fingerprint density at radius 1 is 0.903 bits per heavy atom. The Kier molecular flexibility index (Phi) is 6.33. The van der Waals surface area contributed by atoms with Gasteiger partial charge in [0.25, 0.3) is 11.1 Å². The topological polar surface area (TPSA) is 75.7 Å². The third-order valence-electron chi connectivity index (χ3n) is 4.76. The number of anilines is 1. The van der Waals surface area contributed by atoms with Gasteiger partial charge in [-0.05, 0) is 47.5 Å². The molecule has 0 atom stereocenters. The molecule has 0 saturated carbocycles. The summed E-state index contributed by atoms with van der Waals surface area (Å²) >= 11 is 1.02. The Labute approximate surface area is 184 Å². The summed E-state index contributed by atoms with van der Waals surface area (Å²) in [5.41, 5.74) is 3.04. The van der Waals surface area contributed by atoms with Crippen molar-refractivity contribution in [1.29, 1.82) is 0 Å². The monoisotopic (exact) mass is 432 g/mol. The molecule has 1 aliphatic rings. The van der Waals surface area contributed by atoms with Crippen molar-refractivity contribution in [2.24, 2.45) is 0 Å². The normalized spacial score (nSPS) is 13.4. The molecule has 0 radical (unpaired) electrons. The van der Waals surface area contributed by atoms with E-state index in [1.165, 1.54) is 4.90 Å². The predicted octanol–water partition coefficient (Wildman–Crippen LogP) is 4.71. The molecule has 1 saturated heterocycles. The van der Waals surface area contributed by atoms with Crippen LogP contribution in [0.1, 0.15) is 21.5 Å². The number of thioether (sulfide) groups is 1. The summed E-state index contributed by atoms with van der Waals surface area (Å²) in [5, 5.41) is 2.62. The zero-order valence-corrected chi connectivity index (χ0v) is 17.4. The zero-order valence-electron chi connectivity index (χ0n) is 16.6. The minimum absolute atomic E-state index is 0.177. The van der Waals surface area contributed by atoms with Crippen molar-refractivity contribution < 1.29 is 19.1 Å². The van der Waals surface area contributed by atoms with Crippen LogP contribution in [-0.2, 0) is 17.9 Å². The Hall–Kier alpha value is -3.58. The van der Waals surface area contributed by atoms with Crippen molar-refractivity contribution in [1.82, 2.24) is 4.90 Å². The van der Waals surface area contributed by atoms with Crippen LogP contribution in [0.5, 0.6) is 5.75 Å². The molecule has 1 N–H and O–H groups in total. The lowest BCUT2D eigenvalue weighted by Gasteiger charge is -2.13. The Balaban J connectivity index is 1.31. The van der Waals surface area contributed by atoms with Gasteiger partial charge in [0.05, 0.1) is 12.3 Å². The van der Waals surface area contributed by atoms with Gasteiger partial charge >= 0.3 is 0 Å². The molecular formula is C24H20N2O4S. The highest BCUT2D eigenvalue weighted by atomic mass is 32.2. The molecule has 7 heteroatoms. The molecule has 4 rings (SSSR count). The fraction of sp³-hybridized carbons (Fsp3) is 0.125. The van der Waals surface area contributed by atoms with Crippen molar-refractivity contribution in [2.45, 2.75) is 13.2 Å². The summed E-state index contributed by atoms with van der Waals surface area (Å²) in [4.78, 5) is 37.1. The first-order valence-corrected chi connectivity index (χ1v) is 10.7. The van der Waals surface area contributed by atoms with E-state index in [0.29, 0.717) is 23.6 Å². The predicted molar refractivity (Wildman–Crippen MR) is 120 cm³/mol. The van der Waals surface area contributed by atoms with Gasteiger partial charge < -0.3 is 10.1 Å². The average molecular weight is 433 g/mol. The maximum atomic E-state index is 12.5. The summed E-state index contributed by atoms with van der Waals surface area (Å²) < 4.78 is 5.74. The minimum atomic E-state index is -0.233. The smallest absolute Gasteiger partial charge is 0.289 e. The molecule has 0 spiro atoms. The number of hydrogen-bond donors (Lipinski definition) is 1. The molecule has 1 heterocycles. The van der Waals surface area contributed by atoms with Crippen LogP contribution in [0.3, 0.4) is 0 Å². The molecule has 0 bridgehead atoms. The van der Waals surface area contributed by atoms with Crippen LogP contribution in [0.2, 0.25) is 0 Å². The van der Waals surface area contributed by atoms with Gasteiger partial charge in [-0.3, -0.25) is 19.3 Å². The van der Waals surface area contributed by atoms with E-state index in [4.69, 9.17) is 4.74 Å². The molecule has 1 aliphatic heterocycles. The molecule has 6 nitrogen and oxygen atoms in total. The summed E-state index contributed by atoms with van der Waals surface area (Å²) in [7, 11) is 0. The first-order chi connectivity index (χ1) is 15.1. The van der Waals surface area contributed by atoms with Crippen LogP contribution >= 0.6 is 11.8 Å². The van der Waals surface area contributed by atoms with E-state index < -0.39 is 0 Å². The number of benzene rings is 3. The Bertz CT molecular complexity index is 1070. The highest BCUT2D eigenvalue weighted by Gasteiger charge is 2.29. The molecule has 3 aromatic rings. The summed E-state index contributed by atoms with van der Waals surface area (Å²) in [6.07, 6.45) is 0. The van der Waals surface area contributed by atoms with Gasteiger partial charge in [0.2, 0.25) is 5.91 Å². The second-order valence-corrected chi connectivity index (χ2v) is 7.91. The molecule has 3 amide bonds. The lowest BCUT2D eigenvalue weighted by Crippen LogP contribution is -2.27. The van der Waals surface area contributed by atoms with Gasteiger partial charge in [0.15, 0.2) is 0 Å². The largest absolute Gasteiger partial charge is 0.489 e. The average Bonchev–Trinajstić information content (AvgIpc) is 3.12. The third-order valence-corrected chi connectivity index (χ3v) is 5.62. The molecular weight excluding hydrogens is 412 g/mol. The van der Waals surface area contributed by atoms with Crippen molar-refractivity contribution in [3.05, 3.63) is 95.6 Å². The Morgan fingerprint density at radius 2 is 1.61 bits per heavy atom. The first-order valence-electron chi connectivity index (χ1n) is 9.73. The second kappa shape index (κ2) is 9.49. The number of carbonyl (C=O) groups is 3. The van der Waals surface area contributed by atoms with Gasteiger partial charge in [-0.15, -0.1) is 0 Å². The van der Waals surface area contributed by atoms with E-state index in [9.17, 15) is 14.4 Å². The van der Waals surface area contributed by atoms with Crippen LogP contribution in [0, 0.1) is 0 Å². The van der Waals surface area contributed by atoms with Crippen LogP contribution in [-0.4, -0.2) is 27.7 Å². The van der Waals surface area contributed by atoms with Crippen LogP contribution < -0.4 is 10.1 Å². The molecule has 0 unspecified atom stereocenters. The highest BCUT2D eigenvalue weighted by Crippen LogP contribution is 2.22. The summed E-state index contributed by atoms with van der Waals surface area (Å²) in [5.74, 6) is 0.476. The molecule has 0 aromatic heterocycles. The maximum absolute atomic E-state index is 12.5. The Morgan fingerprint density at radius 3 is 2.26 bits per heavy atom. The SMILES string of the molecule is O=C(Nc1ccc(CN2C(=O)CSC2=O)cc1)c1ccc(OCc2ccccc2)cc1. The maximum Gasteiger partial charge on any atom is 0.289 e. The number of imide groups is 1. The fourth-order valence-electron chi connectivity index (χ4n) is 3.06. The fourth-order valence-corrected chi connectivity index (χ4v) is 3.78. The number of rotatable bonds is 7. The van der Waals surface area contributed by atoms with Crippen LogP contribution in [0.25, 0.3) is 0 Å². The molecule has 1 fully saturated rings. The van der Waals surface area contributed by atoms with Crippen molar-refractivity contribution in [3.63, 3.8) is 0 Å². The number of hydrogen-bond acceptors (Lipinski definition) is 5. The first kappa shape index (κ1) is 20.7. The number of nitrogens with zero attached hydrogens (tertiary/aromatic N) is 1. The van der Waals surface area contributed by atoms with Gasteiger partial charge in [-0.1, -0.05) is 54.2 Å². The van der Waals surface area contributed by atoms with E-state index in [1.807, 2.05) is 30.3 Å². The van der Waals surface area contributed by atoms with Crippen LogP contribution in [0.15, 0.2) is 78.9 Å². The van der Waals surface area contributed by atoms with Crippen molar-refractivity contribution >= 4 is 34.5 Å². The van der Waals surface area contributed by atoms with E-state index in [-0.39, 0.29) is 29.4 Å². The van der Waals surface area contributed by atoms with Crippen molar-refractivity contribution in [2.75, 3.05) is 11.1 Å². The van der Waals surface area contributed by atoms with E-state index >= 15 is 0 Å². The van der Waals surface area contributed by atoms with Gasteiger partial charge in [-0.2, -0.15) is 0 Å². The number of amides is 3. The van der Waals surface area contributed by atoms with Gasteiger partial charge in [-0.25, -0.2) is 0 Å². The summed E-state index contributed by atoms with van der Waals surface area (Å²) in [6, 6.07) is 23.9. The molecule has 31 heavy (non-hydrogen) atoms. The molecule has 3 aromatic carbocycles. The lowest BCUT2D eigenvalue weighted by molar-refractivity contribution is -0.125. The van der Waals surface area contributed by atoms with Crippen molar-refractivity contribution in [3.8, 4) is 5.75 Å².